The molecule has 14 heavy (non-hydrogen) atoms. The van der Waals surface area contributed by atoms with Crippen molar-refractivity contribution in [2.24, 2.45) is 0 Å². The van der Waals surface area contributed by atoms with Crippen molar-refractivity contribution in [3.8, 4) is 0 Å². The second kappa shape index (κ2) is 8.37. The summed E-state index contributed by atoms with van der Waals surface area (Å²) >= 11 is 0. The molecule has 0 amide bonds. The van der Waals surface area contributed by atoms with E-state index in [0.29, 0.717) is 13.2 Å². The van der Waals surface area contributed by atoms with Gasteiger partial charge in [-0.15, -0.1) is 0 Å². The molecule has 1 N–H and O–H groups in total. The lowest BCUT2D eigenvalue weighted by Gasteiger charge is -2.20. The fraction of sp³-hybridized carbons (Fsp3) is 1.00. The topological polar surface area (TPSA) is 47.9 Å². The zero-order valence-electron chi connectivity index (χ0n) is 9.41. The summed E-state index contributed by atoms with van der Waals surface area (Å²) < 4.78 is 15.3. The van der Waals surface area contributed by atoms with Crippen LogP contribution in [0, 0.1) is 0 Å². The normalized spacial score (nSPS) is 12.0. The first kappa shape index (κ1) is 14.1. The van der Waals surface area contributed by atoms with Crippen molar-refractivity contribution in [2.75, 3.05) is 20.3 Å². The fourth-order valence-corrected chi connectivity index (χ4v) is 1.97. The van der Waals surface area contributed by atoms with Crippen LogP contribution in [0.4, 0.5) is 0 Å². The summed E-state index contributed by atoms with van der Waals surface area (Å²) in [7, 11) is -1.88. The molecule has 0 radical (unpaired) electrons. The van der Waals surface area contributed by atoms with Crippen LogP contribution in [0.15, 0.2) is 0 Å². The molecule has 0 aromatic rings. The van der Waals surface area contributed by atoms with E-state index in [1.54, 1.807) is 0 Å². The Labute approximate surface area is 87.7 Å². The van der Waals surface area contributed by atoms with E-state index in [-0.39, 0.29) is 0 Å². The van der Waals surface area contributed by atoms with Gasteiger partial charge in [0.15, 0.2) is 0 Å². The van der Waals surface area contributed by atoms with Gasteiger partial charge in [0, 0.05) is 20.3 Å². The smallest absolute Gasteiger partial charge is 0.367 e. The Kier molecular flexibility index (Phi) is 8.41. The molecule has 0 aliphatic heterocycles. The highest BCUT2D eigenvalue weighted by molar-refractivity contribution is 6.51. The molecule has 0 atom stereocenters. The summed E-state index contributed by atoms with van der Waals surface area (Å²) in [6.07, 6.45) is 3.89. The van der Waals surface area contributed by atoms with E-state index in [2.05, 4.69) is 13.8 Å². The largest absolute Gasteiger partial charge is 0.676 e. The zero-order valence-corrected chi connectivity index (χ0v) is 10.4. The molecule has 86 valence electrons. The van der Waals surface area contributed by atoms with Gasteiger partial charge in [0.2, 0.25) is 0 Å². The maximum Gasteiger partial charge on any atom is 0.676 e. The predicted molar refractivity (Wildman–Crippen MR) is 56.7 cm³/mol. The maximum absolute atomic E-state index is 9.75. The Morgan fingerprint density at radius 3 is 1.71 bits per heavy atom. The number of hydrogen-bond donors (Lipinski definition) is 1. The fourth-order valence-electron chi connectivity index (χ4n) is 0.850. The second-order valence-corrected chi connectivity index (χ2v) is 5.17. The van der Waals surface area contributed by atoms with E-state index in [4.69, 9.17) is 13.3 Å². The summed E-state index contributed by atoms with van der Waals surface area (Å²) in [5.41, 5.74) is 0. The molecule has 4 nitrogen and oxygen atoms in total. The first-order valence-corrected chi connectivity index (χ1v) is 6.91. The van der Waals surface area contributed by atoms with Crippen LogP contribution in [0.1, 0.15) is 39.5 Å². The molecule has 0 aromatic carbocycles. The van der Waals surface area contributed by atoms with Gasteiger partial charge in [-0.05, 0) is 12.8 Å². The predicted octanol–water partition coefficient (Wildman–Crippen LogP) is 1.69. The second-order valence-electron chi connectivity index (χ2n) is 3.13. The summed E-state index contributed by atoms with van der Waals surface area (Å²) in [4.78, 5) is 9.75. The van der Waals surface area contributed by atoms with Crippen molar-refractivity contribution in [3.05, 3.63) is 0 Å². The Bertz CT molecular complexity index is 122. The highest BCUT2D eigenvalue weighted by atomic mass is 28.4. The van der Waals surface area contributed by atoms with Crippen LogP contribution in [-0.2, 0) is 13.3 Å². The van der Waals surface area contributed by atoms with Gasteiger partial charge in [0.05, 0.1) is 0 Å². The van der Waals surface area contributed by atoms with E-state index in [1.165, 1.54) is 7.11 Å². The number of hydrogen-bond acceptors (Lipinski definition) is 4. The van der Waals surface area contributed by atoms with Gasteiger partial charge in [-0.1, -0.05) is 26.7 Å². The molecule has 0 aromatic heterocycles. The van der Waals surface area contributed by atoms with E-state index in [9.17, 15) is 4.80 Å². The molecule has 0 aliphatic carbocycles. The van der Waals surface area contributed by atoms with Crippen molar-refractivity contribution in [1.29, 1.82) is 0 Å². The lowest BCUT2D eigenvalue weighted by Crippen LogP contribution is -2.45. The summed E-state index contributed by atoms with van der Waals surface area (Å²) in [5, 5.41) is 0. The molecule has 0 unspecified atom stereocenters. The van der Waals surface area contributed by atoms with Gasteiger partial charge in [-0.25, -0.2) is 0 Å². The minimum atomic E-state index is -3.30. The van der Waals surface area contributed by atoms with Crippen LogP contribution in [0.5, 0.6) is 0 Å². The van der Waals surface area contributed by atoms with E-state index in [0.717, 1.165) is 25.7 Å². The molecular weight excluding hydrogens is 200 g/mol. The molecule has 0 fully saturated rings. The van der Waals surface area contributed by atoms with Crippen LogP contribution in [0.25, 0.3) is 0 Å². The number of unbranched alkanes of at least 4 members (excludes halogenated alkanes) is 2. The third-order valence-electron chi connectivity index (χ3n) is 1.82. The highest BCUT2D eigenvalue weighted by Crippen LogP contribution is 2.06. The highest BCUT2D eigenvalue weighted by Gasteiger charge is 2.39. The van der Waals surface area contributed by atoms with Crippen molar-refractivity contribution >= 4 is 9.05 Å². The van der Waals surface area contributed by atoms with E-state index >= 15 is 0 Å². The SMILES string of the molecule is CCCCO[Si](O)(OC)OCCCC. The Hall–Kier alpha value is 0.0569. The van der Waals surface area contributed by atoms with Gasteiger partial charge in [0.25, 0.3) is 0 Å². The Morgan fingerprint density at radius 1 is 1.00 bits per heavy atom. The van der Waals surface area contributed by atoms with E-state index < -0.39 is 9.05 Å². The third-order valence-corrected chi connectivity index (χ3v) is 3.48. The molecule has 0 heterocycles. The van der Waals surface area contributed by atoms with Crippen molar-refractivity contribution in [1.82, 2.24) is 0 Å². The van der Waals surface area contributed by atoms with Crippen LogP contribution in [0.2, 0.25) is 0 Å². The Morgan fingerprint density at radius 2 is 1.43 bits per heavy atom. The van der Waals surface area contributed by atoms with Crippen molar-refractivity contribution in [2.45, 2.75) is 39.5 Å². The first-order valence-electron chi connectivity index (χ1n) is 5.24. The van der Waals surface area contributed by atoms with Gasteiger partial charge in [0.1, 0.15) is 0 Å². The molecule has 0 spiro atoms. The molecule has 0 saturated heterocycles. The molecule has 5 heteroatoms. The molecular formula is C9H22O4Si. The van der Waals surface area contributed by atoms with Gasteiger partial charge in [-0.2, -0.15) is 0 Å². The van der Waals surface area contributed by atoms with Gasteiger partial charge >= 0.3 is 9.05 Å². The standard InChI is InChI=1S/C9H22O4Si/c1-4-6-8-12-14(10,11-3)13-9-7-5-2/h10H,4-9H2,1-3H3. The average Bonchev–Trinajstić information content (AvgIpc) is 2.19. The first-order chi connectivity index (χ1) is 6.68. The molecule has 0 bridgehead atoms. The lowest BCUT2D eigenvalue weighted by molar-refractivity contribution is 0.00559. The van der Waals surface area contributed by atoms with Crippen molar-refractivity contribution < 1.29 is 18.1 Å². The van der Waals surface area contributed by atoms with Crippen LogP contribution >= 0.6 is 0 Å². The summed E-state index contributed by atoms with van der Waals surface area (Å²) in [6, 6.07) is 0. The summed E-state index contributed by atoms with van der Waals surface area (Å²) in [5.74, 6) is 0. The average molecular weight is 222 g/mol. The van der Waals surface area contributed by atoms with Crippen molar-refractivity contribution in [3.63, 3.8) is 0 Å². The Balaban J connectivity index is 3.67. The number of rotatable bonds is 9. The van der Waals surface area contributed by atoms with Gasteiger partial charge < -0.3 is 18.1 Å². The molecule has 0 aliphatic rings. The minimum absolute atomic E-state index is 0.499. The van der Waals surface area contributed by atoms with Crippen LogP contribution in [0.3, 0.4) is 0 Å². The van der Waals surface area contributed by atoms with Gasteiger partial charge in [-0.3, -0.25) is 0 Å². The zero-order chi connectivity index (χ0) is 10.9. The third kappa shape index (κ3) is 6.50. The minimum Gasteiger partial charge on any atom is -0.367 e. The van der Waals surface area contributed by atoms with Crippen LogP contribution < -0.4 is 0 Å². The molecule has 0 saturated carbocycles. The summed E-state index contributed by atoms with van der Waals surface area (Å²) in [6.45, 7) is 5.13. The quantitative estimate of drug-likeness (QED) is 0.476. The monoisotopic (exact) mass is 222 g/mol. The van der Waals surface area contributed by atoms with Crippen LogP contribution in [-0.4, -0.2) is 34.2 Å². The lowest BCUT2D eigenvalue weighted by atomic mass is 10.4. The molecule has 0 rings (SSSR count). The van der Waals surface area contributed by atoms with E-state index in [1.807, 2.05) is 0 Å². The maximum atomic E-state index is 9.75.